The van der Waals surface area contributed by atoms with Crippen molar-refractivity contribution >= 4 is 17.3 Å². The number of hydroxylamine groups is 1. The Morgan fingerprint density at radius 1 is 1.04 bits per heavy atom. The number of rotatable bonds is 4. The van der Waals surface area contributed by atoms with Gasteiger partial charge < -0.3 is 9.62 Å². The Hall–Kier alpha value is -3.61. The highest BCUT2D eigenvalue weighted by atomic mass is 16.6. The molecule has 0 saturated heterocycles. The van der Waals surface area contributed by atoms with E-state index >= 15 is 0 Å². The van der Waals surface area contributed by atoms with Crippen LogP contribution in [0.25, 0.3) is 0 Å². The fourth-order valence-corrected chi connectivity index (χ4v) is 3.16. The van der Waals surface area contributed by atoms with E-state index in [9.17, 15) is 15.3 Å². The molecular weight excluding hydrogens is 334 g/mol. The fourth-order valence-electron chi connectivity index (χ4n) is 3.16. The molecule has 0 saturated carbocycles. The van der Waals surface area contributed by atoms with Gasteiger partial charge in [0, 0.05) is 29.3 Å². The number of hydrogen-bond donors (Lipinski definition) is 0. The van der Waals surface area contributed by atoms with Gasteiger partial charge in [-0.05, 0) is 18.2 Å². The first-order valence-electron chi connectivity index (χ1n) is 8.07. The number of non-ortho nitro benzene ring substituents is 1. The van der Waals surface area contributed by atoms with Crippen LogP contribution in [-0.2, 0) is 0 Å². The van der Waals surface area contributed by atoms with Gasteiger partial charge in [-0.15, -0.1) is 0 Å². The van der Waals surface area contributed by atoms with E-state index in [1.165, 1.54) is 12.1 Å². The molecule has 3 aromatic rings. The molecule has 130 valence electrons. The van der Waals surface area contributed by atoms with Crippen LogP contribution in [0.15, 0.2) is 77.4 Å². The Kier molecular flexibility index (Phi) is 3.89. The maximum atomic E-state index is 13.1. The largest absolute Gasteiger partial charge is 0.622 e. The van der Waals surface area contributed by atoms with Crippen LogP contribution in [0.2, 0.25) is 0 Å². The van der Waals surface area contributed by atoms with Crippen LogP contribution < -0.4 is 4.90 Å². The van der Waals surface area contributed by atoms with Crippen molar-refractivity contribution in [3.05, 3.63) is 99.4 Å². The molecule has 1 aliphatic rings. The molecule has 7 nitrogen and oxygen atoms in total. The third-order valence-electron chi connectivity index (χ3n) is 4.40. The third kappa shape index (κ3) is 2.69. The number of hydrogen-bond acceptors (Lipinski definition) is 5. The molecule has 1 aromatic heterocycles. The van der Waals surface area contributed by atoms with Crippen molar-refractivity contribution in [2.45, 2.75) is 6.17 Å². The molecule has 7 heteroatoms. The van der Waals surface area contributed by atoms with E-state index < -0.39 is 11.1 Å². The number of furan rings is 1. The summed E-state index contributed by atoms with van der Waals surface area (Å²) in [6.45, 7) is 0.342. The quantitative estimate of drug-likeness (QED) is 0.310. The summed E-state index contributed by atoms with van der Waals surface area (Å²) in [6, 6.07) is 19.0. The van der Waals surface area contributed by atoms with Crippen molar-refractivity contribution in [2.75, 3.05) is 11.4 Å². The number of anilines is 1. The smallest absolute Gasteiger partial charge is 0.269 e. The Bertz CT molecular complexity index is 950. The van der Waals surface area contributed by atoms with Gasteiger partial charge >= 0.3 is 0 Å². The number of benzene rings is 2. The van der Waals surface area contributed by atoms with Gasteiger partial charge in [-0.25, -0.2) is 0 Å². The minimum atomic E-state index is -0.562. The van der Waals surface area contributed by atoms with Gasteiger partial charge in [0.25, 0.3) is 11.9 Å². The predicted molar refractivity (Wildman–Crippen MR) is 96.1 cm³/mol. The van der Waals surface area contributed by atoms with Gasteiger partial charge in [-0.3, -0.25) is 15.0 Å². The number of nitro benzene ring substituents is 1. The molecule has 0 fully saturated rings. The average Bonchev–Trinajstić information content (AvgIpc) is 3.30. The molecule has 4 rings (SSSR count). The summed E-state index contributed by atoms with van der Waals surface area (Å²) in [5, 5.41) is 23.9. The molecule has 0 amide bonds. The van der Waals surface area contributed by atoms with E-state index in [1.54, 1.807) is 24.5 Å². The van der Waals surface area contributed by atoms with Gasteiger partial charge in [-0.1, -0.05) is 30.3 Å². The Balaban J connectivity index is 1.77. The summed E-state index contributed by atoms with van der Waals surface area (Å²) in [6.07, 6.45) is 1.00. The van der Waals surface area contributed by atoms with Crippen molar-refractivity contribution in [3.8, 4) is 0 Å². The van der Waals surface area contributed by atoms with Crippen LogP contribution in [-0.4, -0.2) is 21.9 Å². The summed E-state index contributed by atoms with van der Waals surface area (Å²) in [5.41, 5.74) is 2.02. The van der Waals surface area contributed by atoms with E-state index in [0.717, 1.165) is 10.3 Å². The van der Waals surface area contributed by atoms with Crippen molar-refractivity contribution in [1.29, 1.82) is 0 Å². The third-order valence-corrected chi connectivity index (χ3v) is 4.40. The van der Waals surface area contributed by atoms with Gasteiger partial charge in [0.2, 0.25) is 11.6 Å². The lowest BCUT2D eigenvalue weighted by Crippen LogP contribution is -2.27. The Labute approximate surface area is 149 Å². The molecule has 0 spiro atoms. The molecule has 0 N–H and O–H groups in total. The van der Waals surface area contributed by atoms with Crippen LogP contribution in [0.3, 0.4) is 0 Å². The first kappa shape index (κ1) is 15.9. The number of nitro groups is 1. The van der Waals surface area contributed by atoms with Crippen LogP contribution in [0.4, 0.5) is 11.6 Å². The van der Waals surface area contributed by atoms with Gasteiger partial charge in [-0.2, -0.15) is 4.74 Å². The van der Waals surface area contributed by atoms with Crippen molar-refractivity contribution < 1.29 is 14.1 Å². The molecule has 1 unspecified atom stereocenters. The summed E-state index contributed by atoms with van der Waals surface area (Å²) in [4.78, 5) is 12.3. The molecule has 0 radical (unpaired) electrons. The standard InChI is InChI=1S/C19H15N3O4/c23-21-17(14-8-10-16(11-9-14)22(24)25)13-20(18-7-4-12-26-18)19(21)15-5-2-1-3-6-15/h1-12,19H,13H2. The molecule has 2 heterocycles. The fraction of sp³-hybridized carbons (Fsp3) is 0.105. The molecule has 0 aliphatic carbocycles. The van der Waals surface area contributed by atoms with E-state index in [4.69, 9.17) is 4.42 Å². The molecular formula is C19H15N3O4. The van der Waals surface area contributed by atoms with Crippen LogP contribution in [0, 0.1) is 15.3 Å². The van der Waals surface area contributed by atoms with Gasteiger partial charge in [0.05, 0.1) is 11.2 Å². The van der Waals surface area contributed by atoms with Crippen molar-refractivity contribution in [1.82, 2.24) is 0 Å². The highest BCUT2D eigenvalue weighted by Crippen LogP contribution is 2.33. The molecule has 2 aromatic carbocycles. The Morgan fingerprint density at radius 2 is 1.77 bits per heavy atom. The minimum Gasteiger partial charge on any atom is -0.622 e. The minimum absolute atomic E-state index is 0.00713. The van der Waals surface area contributed by atoms with Crippen molar-refractivity contribution in [2.24, 2.45) is 0 Å². The lowest BCUT2D eigenvalue weighted by molar-refractivity contribution is -0.497. The highest BCUT2D eigenvalue weighted by molar-refractivity contribution is 6.01. The lowest BCUT2D eigenvalue weighted by Gasteiger charge is -2.21. The van der Waals surface area contributed by atoms with E-state index in [-0.39, 0.29) is 5.69 Å². The van der Waals surface area contributed by atoms with E-state index in [2.05, 4.69) is 0 Å². The summed E-state index contributed by atoms with van der Waals surface area (Å²) in [7, 11) is 0. The highest BCUT2D eigenvalue weighted by Gasteiger charge is 2.40. The van der Waals surface area contributed by atoms with Gasteiger partial charge in [0.15, 0.2) is 0 Å². The monoisotopic (exact) mass is 349 g/mol. The maximum Gasteiger partial charge on any atom is 0.269 e. The topological polar surface area (TPSA) is 85.6 Å². The van der Waals surface area contributed by atoms with Crippen LogP contribution >= 0.6 is 0 Å². The molecule has 0 bridgehead atoms. The zero-order valence-electron chi connectivity index (χ0n) is 13.7. The van der Waals surface area contributed by atoms with Crippen molar-refractivity contribution in [3.63, 3.8) is 0 Å². The van der Waals surface area contributed by atoms with E-state index in [0.29, 0.717) is 23.7 Å². The van der Waals surface area contributed by atoms with Crippen LogP contribution in [0.5, 0.6) is 0 Å². The molecule has 1 atom stereocenters. The van der Waals surface area contributed by atoms with Gasteiger partial charge in [0.1, 0.15) is 6.54 Å². The first-order valence-corrected chi connectivity index (χ1v) is 8.07. The zero-order valence-corrected chi connectivity index (χ0v) is 13.7. The van der Waals surface area contributed by atoms with E-state index in [1.807, 2.05) is 41.3 Å². The second-order valence-electron chi connectivity index (χ2n) is 5.94. The summed E-state index contributed by atoms with van der Waals surface area (Å²) >= 11 is 0. The predicted octanol–water partition coefficient (Wildman–Crippen LogP) is 3.71. The maximum absolute atomic E-state index is 13.1. The Morgan fingerprint density at radius 3 is 2.38 bits per heavy atom. The zero-order chi connectivity index (χ0) is 18.1. The summed E-state index contributed by atoms with van der Waals surface area (Å²) < 4.78 is 6.45. The first-order chi connectivity index (χ1) is 12.6. The second-order valence-corrected chi connectivity index (χ2v) is 5.94. The van der Waals surface area contributed by atoms with Crippen LogP contribution in [0.1, 0.15) is 17.3 Å². The SMILES string of the molecule is O=[N+]([O-])c1ccc(C2=[N+]([O-])C(c3ccccc3)N(c3ccco3)C2)cc1. The normalized spacial score (nSPS) is 16.9. The average molecular weight is 349 g/mol. The lowest BCUT2D eigenvalue weighted by atomic mass is 10.1. The second kappa shape index (κ2) is 6.36. The number of nitrogens with zero attached hydrogens (tertiary/aromatic N) is 3. The molecule has 26 heavy (non-hydrogen) atoms. The molecule has 1 aliphatic heterocycles. The summed E-state index contributed by atoms with van der Waals surface area (Å²) in [5.74, 6) is 0.594.